The molecule has 1 aromatic heterocycles. The molecule has 2 heterocycles. The third kappa shape index (κ3) is 5.10. The second kappa shape index (κ2) is 9.75. The first-order valence-electron chi connectivity index (χ1n) is 10.2. The molecule has 1 N–H and O–H groups in total. The van der Waals surface area contributed by atoms with E-state index in [0.717, 1.165) is 17.8 Å². The van der Waals surface area contributed by atoms with Crippen LogP contribution in [-0.4, -0.2) is 33.6 Å². The van der Waals surface area contributed by atoms with Gasteiger partial charge in [0.15, 0.2) is 5.16 Å². The Balaban J connectivity index is 1.62. The lowest BCUT2D eigenvalue weighted by Crippen LogP contribution is -2.25. The topological polar surface area (TPSA) is 73.2 Å². The van der Waals surface area contributed by atoms with Gasteiger partial charge in [-0.05, 0) is 36.4 Å². The van der Waals surface area contributed by atoms with Crippen molar-refractivity contribution in [3.05, 3.63) is 70.1 Å². The lowest BCUT2D eigenvalue weighted by Gasteiger charge is -2.15. The predicted octanol–water partition coefficient (Wildman–Crippen LogP) is 5.03. The number of fused-ring (bicyclic) bond motifs is 1. The van der Waals surface area contributed by atoms with Crippen molar-refractivity contribution in [1.29, 1.82) is 0 Å². The van der Waals surface area contributed by atoms with Gasteiger partial charge in [-0.25, -0.2) is 4.98 Å². The van der Waals surface area contributed by atoms with E-state index in [1.165, 1.54) is 41.6 Å². The minimum absolute atomic E-state index is 0.196. The number of alkyl halides is 3. The molecule has 1 aliphatic rings. The molecule has 6 nitrogen and oxygen atoms in total. The molecule has 1 atom stereocenters. The summed E-state index contributed by atoms with van der Waals surface area (Å²) in [6, 6.07) is 11.6. The highest BCUT2D eigenvalue weighted by atomic mass is 32.2. The minimum atomic E-state index is -4.60. The van der Waals surface area contributed by atoms with Gasteiger partial charge in [0.05, 0.1) is 40.4 Å². The molecule has 0 bridgehead atoms. The van der Waals surface area contributed by atoms with Crippen LogP contribution in [0.5, 0.6) is 5.75 Å². The van der Waals surface area contributed by atoms with Crippen molar-refractivity contribution in [2.75, 3.05) is 18.2 Å². The first kappa shape index (κ1) is 24.2. The maximum atomic E-state index is 13.3. The van der Waals surface area contributed by atoms with Crippen LogP contribution in [0.4, 0.5) is 18.9 Å². The van der Waals surface area contributed by atoms with Crippen LogP contribution in [0, 0.1) is 0 Å². The fourth-order valence-electron chi connectivity index (χ4n) is 3.51. The quantitative estimate of drug-likeness (QED) is 0.373. The average Bonchev–Trinajstić information content (AvgIpc) is 3.18. The van der Waals surface area contributed by atoms with E-state index < -0.39 is 17.6 Å². The molecule has 0 saturated carbocycles. The molecule has 1 amide bonds. The highest BCUT2D eigenvalue weighted by Gasteiger charge is 2.33. The molecule has 3 aromatic rings. The summed E-state index contributed by atoms with van der Waals surface area (Å²) >= 11 is 2.45. The molecule has 0 aliphatic carbocycles. The minimum Gasteiger partial charge on any atom is -0.497 e. The van der Waals surface area contributed by atoms with E-state index in [9.17, 15) is 22.8 Å². The van der Waals surface area contributed by atoms with E-state index >= 15 is 0 Å². The molecule has 4 rings (SSSR count). The van der Waals surface area contributed by atoms with E-state index in [2.05, 4.69) is 10.3 Å². The summed E-state index contributed by atoms with van der Waals surface area (Å²) in [6.07, 6.45) is -3.97. The standard InChI is InChI=1S/C23H20F3N3O3S2/c1-13-11-18-20(34-13)21(31)29(14-7-9-15(32-2)10-8-14)22(28-18)33-12-19(30)27-17-6-4-3-5-16(17)23(24,25)26/h3-10,13H,11-12H2,1-2H3,(H,27,30). The predicted molar refractivity (Wildman–Crippen MR) is 126 cm³/mol. The van der Waals surface area contributed by atoms with Gasteiger partial charge in [-0.3, -0.25) is 14.2 Å². The maximum absolute atomic E-state index is 13.3. The van der Waals surface area contributed by atoms with E-state index in [4.69, 9.17) is 4.74 Å². The van der Waals surface area contributed by atoms with Crippen molar-refractivity contribution in [2.45, 2.75) is 34.8 Å². The molecular formula is C23H20F3N3O3S2. The molecule has 1 unspecified atom stereocenters. The average molecular weight is 508 g/mol. The number of hydrogen-bond donors (Lipinski definition) is 1. The van der Waals surface area contributed by atoms with Gasteiger partial charge < -0.3 is 10.1 Å². The Labute approximate surface area is 201 Å². The maximum Gasteiger partial charge on any atom is 0.418 e. The number of aromatic nitrogens is 2. The van der Waals surface area contributed by atoms with E-state index in [1.54, 1.807) is 24.3 Å². The van der Waals surface area contributed by atoms with Crippen molar-refractivity contribution in [3.63, 3.8) is 0 Å². The van der Waals surface area contributed by atoms with Gasteiger partial charge >= 0.3 is 6.18 Å². The lowest BCUT2D eigenvalue weighted by atomic mass is 10.1. The zero-order valence-electron chi connectivity index (χ0n) is 18.2. The van der Waals surface area contributed by atoms with Gasteiger partial charge in [-0.1, -0.05) is 30.8 Å². The molecule has 0 spiro atoms. The van der Waals surface area contributed by atoms with Gasteiger partial charge in [0.25, 0.3) is 5.56 Å². The number of thioether (sulfide) groups is 2. The Morgan fingerprint density at radius 3 is 2.62 bits per heavy atom. The van der Waals surface area contributed by atoms with Gasteiger partial charge in [0, 0.05) is 11.7 Å². The van der Waals surface area contributed by atoms with Gasteiger partial charge in [-0.15, -0.1) is 11.8 Å². The smallest absolute Gasteiger partial charge is 0.418 e. The van der Waals surface area contributed by atoms with Crippen LogP contribution in [0.2, 0.25) is 0 Å². The fraction of sp³-hybridized carbons (Fsp3) is 0.261. The van der Waals surface area contributed by atoms with Gasteiger partial charge in [0.2, 0.25) is 5.91 Å². The number of ether oxygens (including phenoxy) is 1. The summed E-state index contributed by atoms with van der Waals surface area (Å²) in [5.41, 5.74) is -0.274. The monoisotopic (exact) mass is 507 g/mol. The SMILES string of the molecule is COc1ccc(-n2c(SCC(=O)Nc3ccccc3C(F)(F)F)nc3c(c2=O)SC(C)C3)cc1. The molecule has 1 aliphatic heterocycles. The Bertz CT molecular complexity index is 1280. The number of methoxy groups -OCH3 is 1. The van der Waals surface area contributed by atoms with Crippen LogP contribution in [0.25, 0.3) is 5.69 Å². The van der Waals surface area contributed by atoms with E-state index in [1.807, 2.05) is 6.92 Å². The van der Waals surface area contributed by atoms with Crippen LogP contribution in [0.15, 0.2) is 63.4 Å². The molecule has 34 heavy (non-hydrogen) atoms. The number of carbonyl (C=O) groups excluding carboxylic acids is 1. The summed E-state index contributed by atoms with van der Waals surface area (Å²) in [4.78, 5) is 31.0. The number of halogens is 3. The number of nitrogens with one attached hydrogen (secondary N) is 1. The zero-order valence-corrected chi connectivity index (χ0v) is 19.8. The molecule has 2 aromatic carbocycles. The second-order valence-electron chi connectivity index (χ2n) is 7.52. The molecule has 0 radical (unpaired) electrons. The molecule has 0 saturated heterocycles. The second-order valence-corrected chi connectivity index (χ2v) is 9.91. The number of amides is 1. The van der Waals surface area contributed by atoms with Crippen molar-refractivity contribution >= 4 is 35.1 Å². The summed E-state index contributed by atoms with van der Waals surface area (Å²) in [6.45, 7) is 2.00. The van der Waals surface area contributed by atoms with Gasteiger partial charge in [0.1, 0.15) is 5.75 Å². The van der Waals surface area contributed by atoms with E-state index in [0.29, 0.717) is 33.6 Å². The van der Waals surface area contributed by atoms with E-state index in [-0.39, 0.29) is 22.2 Å². The van der Waals surface area contributed by atoms with Crippen LogP contribution < -0.4 is 15.6 Å². The third-order valence-corrected chi connectivity index (χ3v) is 7.20. The van der Waals surface area contributed by atoms with Crippen LogP contribution >= 0.6 is 23.5 Å². The van der Waals surface area contributed by atoms with Crippen molar-refractivity contribution < 1.29 is 22.7 Å². The zero-order chi connectivity index (χ0) is 24.5. The first-order valence-corrected chi connectivity index (χ1v) is 12.1. The Morgan fingerprint density at radius 2 is 1.94 bits per heavy atom. The molecule has 11 heteroatoms. The molecule has 0 fully saturated rings. The molecule has 178 valence electrons. The van der Waals surface area contributed by atoms with Gasteiger partial charge in [-0.2, -0.15) is 13.2 Å². The highest BCUT2D eigenvalue weighted by molar-refractivity contribution is 8.00. The first-order chi connectivity index (χ1) is 16.2. The number of benzene rings is 2. The number of carbonyl (C=O) groups is 1. The number of rotatable bonds is 6. The summed E-state index contributed by atoms with van der Waals surface area (Å²) in [5, 5.41) is 2.81. The third-order valence-electron chi connectivity index (χ3n) is 5.05. The number of para-hydroxylation sites is 1. The van der Waals surface area contributed by atoms with Crippen LogP contribution in [0.1, 0.15) is 18.2 Å². The molecular weight excluding hydrogens is 487 g/mol. The Kier molecular flexibility index (Phi) is 6.94. The number of hydrogen-bond acceptors (Lipinski definition) is 6. The summed E-state index contributed by atoms with van der Waals surface area (Å²) in [7, 11) is 1.53. The van der Waals surface area contributed by atoms with Crippen molar-refractivity contribution in [1.82, 2.24) is 9.55 Å². The normalized spacial score (nSPS) is 15.1. The van der Waals surface area contributed by atoms with Crippen LogP contribution in [0.3, 0.4) is 0 Å². The largest absolute Gasteiger partial charge is 0.497 e. The summed E-state index contributed by atoms with van der Waals surface area (Å²) in [5.74, 6) is -0.248. The van der Waals surface area contributed by atoms with Crippen molar-refractivity contribution in [3.8, 4) is 11.4 Å². The Morgan fingerprint density at radius 1 is 1.24 bits per heavy atom. The van der Waals surface area contributed by atoms with Crippen molar-refractivity contribution in [2.24, 2.45) is 0 Å². The number of nitrogens with zero attached hydrogens (tertiary/aromatic N) is 2. The van der Waals surface area contributed by atoms with Crippen LogP contribution in [-0.2, 0) is 17.4 Å². The lowest BCUT2D eigenvalue weighted by molar-refractivity contribution is -0.137. The fourth-order valence-corrected chi connectivity index (χ4v) is 5.44. The highest BCUT2D eigenvalue weighted by Crippen LogP contribution is 2.36. The number of anilines is 1. The Hall–Kier alpha value is -2.92. The summed E-state index contributed by atoms with van der Waals surface area (Å²) < 4.78 is 46.3.